The average molecular weight is 310 g/mol. The smallest absolute Gasteiger partial charge is 0.406 e. The van der Waals surface area contributed by atoms with E-state index in [4.69, 9.17) is 16.7 Å². The van der Waals surface area contributed by atoms with Crippen LogP contribution in [0.15, 0.2) is 18.2 Å². The second kappa shape index (κ2) is 6.13. The molecule has 0 aliphatic heterocycles. The van der Waals surface area contributed by atoms with Crippen LogP contribution in [0.4, 0.5) is 13.2 Å². The molecule has 1 N–H and O–H groups in total. The monoisotopic (exact) mass is 309 g/mol. The maximum Gasteiger partial charge on any atom is 0.406 e. The first-order chi connectivity index (χ1) is 9.10. The Balaban J connectivity index is 3.02. The molecule has 1 aromatic rings. The van der Waals surface area contributed by atoms with Crippen molar-refractivity contribution in [3.63, 3.8) is 0 Å². The van der Waals surface area contributed by atoms with E-state index in [1.807, 2.05) is 0 Å². The molecule has 0 saturated heterocycles. The van der Waals surface area contributed by atoms with E-state index in [-0.39, 0.29) is 15.5 Å². The molecule has 0 radical (unpaired) electrons. The van der Waals surface area contributed by atoms with E-state index in [0.717, 1.165) is 0 Å². The fourth-order valence-corrected chi connectivity index (χ4v) is 1.67. The van der Waals surface area contributed by atoms with Crippen molar-refractivity contribution in [3.05, 3.63) is 34.3 Å². The van der Waals surface area contributed by atoms with Crippen LogP contribution in [0, 0.1) is 6.92 Å². The van der Waals surface area contributed by atoms with Crippen LogP contribution in [0.1, 0.15) is 15.9 Å². The van der Waals surface area contributed by atoms with E-state index < -0.39 is 31.1 Å². The van der Waals surface area contributed by atoms with Crippen molar-refractivity contribution in [3.8, 4) is 0 Å². The highest BCUT2D eigenvalue weighted by atomic mass is 35.5. The first-order valence-corrected chi connectivity index (χ1v) is 5.82. The second-order valence-corrected chi connectivity index (χ2v) is 4.54. The number of alkyl halides is 3. The molecule has 0 aliphatic rings. The fourth-order valence-electron chi connectivity index (χ4n) is 1.49. The van der Waals surface area contributed by atoms with E-state index in [1.54, 1.807) is 6.92 Å². The quantitative estimate of drug-likeness (QED) is 0.930. The zero-order valence-electron chi connectivity index (χ0n) is 10.4. The molecular weight excluding hydrogens is 299 g/mol. The van der Waals surface area contributed by atoms with Gasteiger partial charge in [-0.05, 0) is 24.6 Å². The van der Waals surface area contributed by atoms with Gasteiger partial charge in [0.2, 0.25) is 0 Å². The van der Waals surface area contributed by atoms with Gasteiger partial charge in [-0.3, -0.25) is 9.59 Å². The number of rotatable bonds is 4. The number of carbonyl (C=O) groups is 2. The number of halogens is 4. The van der Waals surface area contributed by atoms with Crippen LogP contribution in [0.3, 0.4) is 0 Å². The van der Waals surface area contributed by atoms with Gasteiger partial charge in [0.25, 0.3) is 5.91 Å². The molecule has 0 heterocycles. The number of hydrogen-bond donors (Lipinski definition) is 1. The predicted octanol–water partition coefficient (Wildman–Crippen LogP) is 2.74. The molecule has 0 atom stereocenters. The van der Waals surface area contributed by atoms with Crippen molar-refractivity contribution in [2.75, 3.05) is 13.1 Å². The third-order valence-corrected chi connectivity index (χ3v) is 2.81. The Hall–Kier alpha value is -1.76. The molecule has 1 amide bonds. The molecular formula is C12H11ClF3NO3. The summed E-state index contributed by atoms with van der Waals surface area (Å²) in [6.07, 6.45) is -4.68. The van der Waals surface area contributed by atoms with Gasteiger partial charge in [-0.25, -0.2) is 0 Å². The standard InChI is InChI=1S/C12H11ClF3NO3/c1-7-2-3-8(4-9(7)13)11(20)17(5-10(18)19)6-12(14,15)16/h2-4H,5-6H2,1H3,(H,18,19). The minimum Gasteiger partial charge on any atom is -0.480 e. The third-order valence-electron chi connectivity index (χ3n) is 2.40. The van der Waals surface area contributed by atoms with E-state index in [2.05, 4.69) is 0 Å². The molecule has 1 rings (SSSR count). The summed E-state index contributed by atoms with van der Waals surface area (Å²) in [5.74, 6) is -2.56. The minimum atomic E-state index is -4.68. The zero-order chi connectivity index (χ0) is 15.5. The maximum absolute atomic E-state index is 12.4. The van der Waals surface area contributed by atoms with Gasteiger partial charge in [-0.2, -0.15) is 13.2 Å². The topological polar surface area (TPSA) is 57.6 Å². The number of amides is 1. The lowest BCUT2D eigenvalue weighted by molar-refractivity contribution is -0.149. The number of hydrogen-bond acceptors (Lipinski definition) is 2. The molecule has 0 aromatic heterocycles. The van der Waals surface area contributed by atoms with Crippen LogP contribution in [0.25, 0.3) is 0 Å². The summed E-state index contributed by atoms with van der Waals surface area (Å²) in [7, 11) is 0. The minimum absolute atomic E-state index is 0.0916. The number of aliphatic carboxylic acids is 1. The average Bonchev–Trinajstić information content (AvgIpc) is 2.28. The summed E-state index contributed by atoms with van der Waals surface area (Å²) in [6, 6.07) is 3.99. The molecule has 0 unspecified atom stereocenters. The van der Waals surface area contributed by atoms with E-state index >= 15 is 0 Å². The van der Waals surface area contributed by atoms with Gasteiger partial charge in [0.15, 0.2) is 0 Å². The first-order valence-electron chi connectivity index (χ1n) is 5.44. The molecule has 0 aliphatic carbocycles. The molecule has 0 fully saturated rings. The molecule has 0 bridgehead atoms. The number of nitrogens with zero attached hydrogens (tertiary/aromatic N) is 1. The highest BCUT2D eigenvalue weighted by Gasteiger charge is 2.34. The highest BCUT2D eigenvalue weighted by molar-refractivity contribution is 6.31. The number of carboxylic acids is 1. The number of carboxylic acid groups (broad SMARTS) is 1. The largest absolute Gasteiger partial charge is 0.480 e. The van der Waals surface area contributed by atoms with Gasteiger partial charge in [-0.15, -0.1) is 0 Å². The van der Waals surface area contributed by atoms with Gasteiger partial charge in [0, 0.05) is 10.6 Å². The number of carbonyl (C=O) groups excluding carboxylic acids is 1. The third kappa shape index (κ3) is 4.73. The highest BCUT2D eigenvalue weighted by Crippen LogP contribution is 2.21. The number of aryl methyl sites for hydroxylation is 1. The lowest BCUT2D eigenvalue weighted by Crippen LogP contribution is -2.42. The summed E-state index contributed by atoms with van der Waals surface area (Å²) in [5.41, 5.74) is 0.565. The van der Waals surface area contributed by atoms with Crippen molar-refractivity contribution in [2.24, 2.45) is 0 Å². The summed E-state index contributed by atoms with van der Waals surface area (Å²) >= 11 is 5.79. The van der Waals surface area contributed by atoms with E-state index in [9.17, 15) is 22.8 Å². The first kappa shape index (κ1) is 16.3. The SMILES string of the molecule is Cc1ccc(C(=O)N(CC(=O)O)CC(F)(F)F)cc1Cl. The van der Waals surface area contributed by atoms with Crippen LogP contribution in [0.5, 0.6) is 0 Å². The Labute approximate surface area is 117 Å². The maximum atomic E-state index is 12.4. The van der Waals surface area contributed by atoms with Crippen molar-refractivity contribution < 1.29 is 27.9 Å². The normalized spacial score (nSPS) is 11.2. The van der Waals surface area contributed by atoms with Crippen LogP contribution in [0.2, 0.25) is 5.02 Å². The Morgan fingerprint density at radius 2 is 1.95 bits per heavy atom. The van der Waals surface area contributed by atoms with Crippen molar-refractivity contribution >= 4 is 23.5 Å². The lowest BCUT2D eigenvalue weighted by Gasteiger charge is -2.22. The number of benzene rings is 1. The summed E-state index contributed by atoms with van der Waals surface area (Å²) in [5, 5.41) is 8.81. The van der Waals surface area contributed by atoms with Crippen LogP contribution < -0.4 is 0 Å². The van der Waals surface area contributed by atoms with Gasteiger partial charge < -0.3 is 10.0 Å². The van der Waals surface area contributed by atoms with E-state index in [0.29, 0.717) is 5.56 Å². The van der Waals surface area contributed by atoms with Crippen LogP contribution in [-0.4, -0.2) is 41.1 Å². The Kier molecular flexibility index (Phi) is 4.99. The van der Waals surface area contributed by atoms with Gasteiger partial charge in [0.1, 0.15) is 13.1 Å². The van der Waals surface area contributed by atoms with Gasteiger partial charge >= 0.3 is 12.1 Å². The molecule has 8 heteroatoms. The molecule has 4 nitrogen and oxygen atoms in total. The summed E-state index contributed by atoms with van der Waals surface area (Å²) in [4.78, 5) is 22.7. The van der Waals surface area contributed by atoms with Crippen molar-refractivity contribution in [1.29, 1.82) is 0 Å². The summed E-state index contributed by atoms with van der Waals surface area (Å²) < 4.78 is 37.1. The fraction of sp³-hybridized carbons (Fsp3) is 0.333. The lowest BCUT2D eigenvalue weighted by atomic mass is 10.1. The predicted molar refractivity (Wildman–Crippen MR) is 65.8 cm³/mol. The molecule has 0 spiro atoms. The summed E-state index contributed by atoms with van der Waals surface area (Å²) in [6.45, 7) is -1.01. The van der Waals surface area contributed by atoms with E-state index in [1.165, 1.54) is 18.2 Å². The zero-order valence-corrected chi connectivity index (χ0v) is 11.1. The molecule has 20 heavy (non-hydrogen) atoms. The Morgan fingerprint density at radius 3 is 2.40 bits per heavy atom. The Bertz CT molecular complexity index is 531. The molecule has 110 valence electrons. The van der Waals surface area contributed by atoms with Crippen LogP contribution in [-0.2, 0) is 4.79 Å². The van der Waals surface area contributed by atoms with Crippen molar-refractivity contribution in [1.82, 2.24) is 4.90 Å². The van der Waals surface area contributed by atoms with Gasteiger partial charge in [-0.1, -0.05) is 17.7 Å². The molecule has 1 aromatic carbocycles. The Morgan fingerprint density at radius 1 is 1.35 bits per heavy atom. The second-order valence-electron chi connectivity index (χ2n) is 4.13. The van der Waals surface area contributed by atoms with Crippen molar-refractivity contribution in [2.45, 2.75) is 13.1 Å². The molecule has 0 saturated carbocycles. The van der Waals surface area contributed by atoms with Crippen LogP contribution >= 0.6 is 11.6 Å². The van der Waals surface area contributed by atoms with Gasteiger partial charge in [0.05, 0.1) is 0 Å².